The van der Waals surface area contributed by atoms with Crippen LogP contribution in [0.2, 0.25) is 0 Å². The van der Waals surface area contributed by atoms with Gasteiger partial charge in [-0.15, -0.1) is 0 Å². The first-order chi connectivity index (χ1) is 14.4. The first-order valence-electron chi connectivity index (χ1n) is 9.83. The van der Waals surface area contributed by atoms with Crippen molar-refractivity contribution in [3.63, 3.8) is 0 Å². The average Bonchev–Trinajstić information content (AvgIpc) is 3.15. The zero-order valence-electron chi connectivity index (χ0n) is 17.2. The number of aromatic nitrogens is 1. The lowest BCUT2D eigenvalue weighted by Gasteiger charge is -2.22. The van der Waals surface area contributed by atoms with Crippen LogP contribution < -0.4 is 0 Å². The molecule has 6 nitrogen and oxygen atoms in total. The summed E-state index contributed by atoms with van der Waals surface area (Å²) in [5.74, 6) is -0.541. The Kier molecular flexibility index (Phi) is 7.07. The molecule has 1 aromatic heterocycles. The molecule has 0 amide bonds. The summed E-state index contributed by atoms with van der Waals surface area (Å²) in [5.41, 5.74) is 2.17. The number of aryl methyl sites for hydroxylation is 1. The molecule has 30 heavy (non-hydrogen) atoms. The first kappa shape index (κ1) is 21.8. The maximum Gasteiger partial charge on any atom is 0.354 e. The van der Waals surface area contributed by atoms with E-state index in [4.69, 9.17) is 4.74 Å². The van der Waals surface area contributed by atoms with Crippen molar-refractivity contribution in [2.24, 2.45) is 7.05 Å². The molecular formula is C23H26N2O4S. The van der Waals surface area contributed by atoms with Crippen LogP contribution in [0.1, 0.15) is 28.5 Å². The summed E-state index contributed by atoms with van der Waals surface area (Å²) in [6.45, 7) is 2.51. The predicted molar refractivity (Wildman–Crippen MR) is 116 cm³/mol. The Bertz CT molecular complexity index is 1080. The maximum absolute atomic E-state index is 13.5. The van der Waals surface area contributed by atoms with E-state index in [1.54, 1.807) is 14.0 Å². The molecule has 0 aliphatic heterocycles. The highest BCUT2D eigenvalue weighted by Crippen LogP contribution is 2.22. The van der Waals surface area contributed by atoms with Crippen LogP contribution in [0.4, 0.5) is 0 Å². The molecule has 0 fully saturated rings. The minimum atomic E-state index is -3.81. The molecule has 0 radical (unpaired) electrons. The van der Waals surface area contributed by atoms with Crippen LogP contribution in [-0.2, 0) is 34.8 Å². The fourth-order valence-electron chi connectivity index (χ4n) is 3.20. The number of nitrogens with zero attached hydrogens (tertiary/aromatic N) is 2. The van der Waals surface area contributed by atoms with Gasteiger partial charge >= 0.3 is 5.97 Å². The van der Waals surface area contributed by atoms with Gasteiger partial charge in [0.05, 0.1) is 6.61 Å². The molecule has 0 spiro atoms. The van der Waals surface area contributed by atoms with Gasteiger partial charge in [0.15, 0.2) is 0 Å². The van der Waals surface area contributed by atoms with Crippen LogP contribution in [0.5, 0.6) is 0 Å². The second-order valence-corrected chi connectivity index (χ2v) is 8.89. The highest BCUT2D eigenvalue weighted by molar-refractivity contribution is 7.89. The van der Waals surface area contributed by atoms with Crippen molar-refractivity contribution in [3.8, 4) is 0 Å². The van der Waals surface area contributed by atoms with E-state index in [0.29, 0.717) is 13.0 Å². The lowest BCUT2D eigenvalue weighted by molar-refractivity contribution is 0.0515. The quantitative estimate of drug-likeness (QED) is 0.490. The molecule has 7 heteroatoms. The van der Waals surface area contributed by atoms with Gasteiger partial charge in [-0.1, -0.05) is 60.7 Å². The lowest BCUT2D eigenvalue weighted by Crippen LogP contribution is -2.32. The molecule has 0 aliphatic rings. The van der Waals surface area contributed by atoms with Gasteiger partial charge in [0.25, 0.3) is 0 Å². The van der Waals surface area contributed by atoms with Gasteiger partial charge < -0.3 is 9.30 Å². The Balaban J connectivity index is 1.90. The third-order valence-electron chi connectivity index (χ3n) is 4.80. The van der Waals surface area contributed by atoms with E-state index < -0.39 is 16.0 Å². The largest absolute Gasteiger partial charge is 0.461 e. The smallest absolute Gasteiger partial charge is 0.354 e. The van der Waals surface area contributed by atoms with Gasteiger partial charge in [0, 0.05) is 26.3 Å². The fourth-order valence-corrected chi connectivity index (χ4v) is 4.70. The Morgan fingerprint density at radius 3 is 2.20 bits per heavy atom. The second kappa shape index (κ2) is 9.73. The van der Waals surface area contributed by atoms with E-state index in [2.05, 4.69) is 0 Å². The Morgan fingerprint density at radius 1 is 1.00 bits per heavy atom. The Hall–Kier alpha value is -2.90. The summed E-state index contributed by atoms with van der Waals surface area (Å²) in [5, 5.41) is 0. The number of carbonyl (C=O) groups is 1. The molecule has 0 aliphatic carbocycles. The summed E-state index contributed by atoms with van der Waals surface area (Å²) in [7, 11) is -2.18. The highest BCUT2D eigenvalue weighted by Gasteiger charge is 2.28. The van der Waals surface area contributed by atoms with E-state index in [-0.39, 0.29) is 23.7 Å². The van der Waals surface area contributed by atoms with Gasteiger partial charge in [-0.05, 0) is 30.5 Å². The number of carbonyl (C=O) groups excluding carboxylic acids is 1. The zero-order valence-corrected chi connectivity index (χ0v) is 18.0. The van der Waals surface area contributed by atoms with Crippen molar-refractivity contribution >= 4 is 16.0 Å². The molecular weight excluding hydrogens is 400 g/mol. The number of sulfonamides is 1. The Labute approximate surface area is 177 Å². The summed E-state index contributed by atoms with van der Waals surface area (Å²) >= 11 is 0. The SMILES string of the molecule is CCOC(=O)c1cc(S(=O)(=O)N(CCc2ccccc2)Cc2ccccc2)cn1C. The molecule has 158 valence electrons. The molecule has 0 atom stereocenters. The number of rotatable bonds is 9. The van der Waals surface area contributed by atoms with E-state index in [1.165, 1.54) is 21.1 Å². The van der Waals surface area contributed by atoms with Gasteiger partial charge in [0.2, 0.25) is 10.0 Å². The summed E-state index contributed by atoms with van der Waals surface area (Å²) in [4.78, 5) is 12.2. The first-order valence-corrected chi connectivity index (χ1v) is 11.3. The second-order valence-electron chi connectivity index (χ2n) is 6.95. The molecule has 2 aromatic carbocycles. The fraction of sp³-hybridized carbons (Fsp3) is 0.261. The molecule has 0 bridgehead atoms. The molecule has 3 aromatic rings. The number of esters is 1. The topological polar surface area (TPSA) is 68.6 Å². The zero-order chi connectivity index (χ0) is 21.6. The standard InChI is InChI=1S/C23H26N2O4S/c1-3-29-23(26)22-16-21(18-24(22)2)30(27,28)25(17-20-12-8-5-9-13-20)15-14-19-10-6-4-7-11-19/h4-13,16,18H,3,14-15,17H2,1-2H3. The van der Waals surface area contributed by atoms with E-state index >= 15 is 0 Å². The molecule has 0 saturated heterocycles. The maximum atomic E-state index is 13.5. The third-order valence-corrected chi connectivity index (χ3v) is 6.61. The third kappa shape index (κ3) is 5.17. The van der Waals surface area contributed by atoms with Crippen LogP contribution in [0.15, 0.2) is 77.8 Å². The molecule has 0 unspecified atom stereocenters. The van der Waals surface area contributed by atoms with Crippen molar-refractivity contribution in [2.45, 2.75) is 24.8 Å². The van der Waals surface area contributed by atoms with Gasteiger partial charge in [-0.25, -0.2) is 13.2 Å². The van der Waals surface area contributed by atoms with E-state index in [1.807, 2.05) is 60.7 Å². The van der Waals surface area contributed by atoms with Gasteiger partial charge in [-0.3, -0.25) is 0 Å². The number of benzene rings is 2. The van der Waals surface area contributed by atoms with Crippen molar-refractivity contribution in [1.82, 2.24) is 8.87 Å². The number of hydrogen-bond acceptors (Lipinski definition) is 4. The van der Waals surface area contributed by atoms with Crippen molar-refractivity contribution in [1.29, 1.82) is 0 Å². The predicted octanol–water partition coefficient (Wildman–Crippen LogP) is 3.64. The van der Waals surface area contributed by atoms with Crippen LogP contribution in [0.25, 0.3) is 0 Å². The van der Waals surface area contributed by atoms with E-state index in [0.717, 1.165) is 11.1 Å². The number of hydrogen-bond donors (Lipinski definition) is 0. The van der Waals surface area contributed by atoms with E-state index in [9.17, 15) is 13.2 Å². The normalized spacial score (nSPS) is 11.6. The van der Waals surface area contributed by atoms with Gasteiger partial charge in [0.1, 0.15) is 10.6 Å². The van der Waals surface area contributed by atoms with Crippen LogP contribution in [-0.4, -0.2) is 36.4 Å². The molecule has 0 saturated carbocycles. The minimum absolute atomic E-state index is 0.0806. The average molecular weight is 427 g/mol. The molecule has 0 N–H and O–H groups in total. The summed E-state index contributed by atoms with van der Waals surface area (Å²) < 4.78 is 34.9. The molecule has 3 rings (SSSR count). The lowest BCUT2D eigenvalue weighted by atomic mass is 10.1. The van der Waals surface area contributed by atoms with Crippen molar-refractivity contribution < 1.29 is 17.9 Å². The minimum Gasteiger partial charge on any atom is -0.461 e. The monoisotopic (exact) mass is 426 g/mol. The Morgan fingerprint density at radius 2 is 1.60 bits per heavy atom. The van der Waals surface area contributed by atoms with Crippen LogP contribution >= 0.6 is 0 Å². The van der Waals surface area contributed by atoms with Crippen LogP contribution in [0.3, 0.4) is 0 Å². The van der Waals surface area contributed by atoms with Crippen molar-refractivity contribution in [2.75, 3.05) is 13.2 Å². The number of ether oxygens (including phenoxy) is 1. The molecule has 1 heterocycles. The van der Waals surface area contributed by atoms with Crippen molar-refractivity contribution in [3.05, 3.63) is 89.7 Å². The summed E-state index contributed by atoms with van der Waals surface area (Å²) in [6, 6.07) is 20.6. The van der Waals surface area contributed by atoms with Gasteiger partial charge in [-0.2, -0.15) is 4.31 Å². The summed E-state index contributed by atoms with van der Waals surface area (Å²) in [6.07, 6.45) is 2.05. The van der Waals surface area contributed by atoms with Crippen LogP contribution in [0, 0.1) is 0 Å². The highest BCUT2D eigenvalue weighted by atomic mass is 32.2.